The van der Waals surface area contributed by atoms with Gasteiger partial charge < -0.3 is 20.2 Å². The van der Waals surface area contributed by atoms with Crippen molar-refractivity contribution in [2.75, 3.05) is 5.32 Å². The van der Waals surface area contributed by atoms with Gasteiger partial charge in [0.1, 0.15) is 11.3 Å². The molecular weight excluding hydrogens is 446 g/mol. The van der Waals surface area contributed by atoms with Gasteiger partial charge in [0.25, 0.3) is 0 Å². The fourth-order valence-corrected chi connectivity index (χ4v) is 7.35. The Morgan fingerprint density at radius 1 is 1.12 bits per heavy atom. The molecule has 2 aromatic carbocycles. The van der Waals surface area contributed by atoms with Crippen LogP contribution in [0.3, 0.4) is 0 Å². The van der Waals surface area contributed by atoms with Gasteiger partial charge in [0, 0.05) is 18.2 Å². The number of fused-ring (bicyclic) bond motifs is 1. The van der Waals surface area contributed by atoms with Crippen LogP contribution in [0.5, 0.6) is 5.75 Å². The number of benzene rings is 2. The summed E-state index contributed by atoms with van der Waals surface area (Å²) in [6.45, 7) is 1.99. The Bertz CT molecular complexity index is 1260. The van der Waals surface area contributed by atoms with Crippen LogP contribution in [0, 0.1) is 30.1 Å². The smallest absolute Gasteiger partial charge is 0.231 e. The van der Waals surface area contributed by atoms with Gasteiger partial charge in [0.15, 0.2) is 10.7 Å². The molecule has 7 heteroatoms. The van der Waals surface area contributed by atoms with Gasteiger partial charge in [-0.15, -0.1) is 0 Å². The highest BCUT2D eigenvalue weighted by Gasteiger charge is 2.51. The van der Waals surface area contributed by atoms with E-state index in [0.717, 1.165) is 28.8 Å². The number of carbonyl (C=O) groups excluding carboxylic acids is 1. The maximum absolute atomic E-state index is 12.8. The van der Waals surface area contributed by atoms with Crippen molar-refractivity contribution >= 4 is 40.0 Å². The maximum Gasteiger partial charge on any atom is 0.231 e. The van der Waals surface area contributed by atoms with Crippen LogP contribution < -0.4 is 10.6 Å². The molecule has 4 aliphatic carbocycles. The summed E-state index contributed by atoms with van der Waals surface area (Å²) in [5, 5.41) is 16.7. The van der Waals surface area contributed by atoms with Gasteiger partial charge in [-0.05, 0) is 111 Å². The summed E-state index contributed by atoms with van der Waals surface area (Å²) in [5.41, 5.74) is 3.76. The first-order valence-electron chi connectivity index (χ1n) is 12.2. The lowest BCUT2D eigenvalue weighted by Gasteiger charge is -2.56. The van der Waals surface area contributed by atoms with E-state index in [1.165, 1.54) is 38.5 Å². The number of hydrogen-bond donors (Lipinski definition) is 3. The second-order valence-electron chi connectivity index (χ2n) is 10.8. The molecule has 0 atom stereocenters. The lowest BCUT2D eigenvalue weighted by atomic mass is 9.49. The van der Waals surface area contributed by atoms with Gasteiger partial charge >= 0.3 is 0 Å². The summed E-state index contributed by atoms with van der Waals surface area (Å²) in [6, 6.07) is 10.9. The minimum Gasteiger partial charge on any atom is -0.507 e. The highest BCUT2D eigenvalue weighted by molar-refractivity contribution is 7.80. The number of thiocarbonyl (C=S) groups is 1. The van der Waals surface area contributed by atoms with E-state index in [4.69, 9.17) is 16.6 Å². The molecule has 4 saturated carbocycles. The molecule has 3 N–H and O–H groups in total. The molecule has 3 aromatic rings. The number of hydrogen-bond acceptors (Lipinski definition) is 5. The predicted octanol–water partition coefficient (Wildman–Crippen LogP) is 5.93. The third-order valence-corrected chi connectivity index (χ3v) is 8.19. The fourth-order valence-electron chi connectivity index (χ4n) is 7.12. The minimum absolute atomic E-state index is 0.0120. The molecule has 1 aromatic heterocycles. The number of phenolic OH excluding ortho intramolecular Hbond substituents is 1. The number of amides is 1. The van der Waals surface area contributed by atoms with Crippen molar-refractivity contribution < 1.29 is 14.3 Å². The van der Waals surface area contributed by atoms with Crippen molar-refractivity contribution in [1.82, 2.24) is 10.3 Å². The number of rotatable bonds is 4. The van der Waals surface area contributed by atoms with Gasteiger partial charge in [-0.2, -0.15) is 0 Å². The van der Waals surface area contributed by atoms with E-state index >= 15 is 0 Å². The molecule has 1 amide bonds. The van der Waals surface area contributed by atoms with Crippen LogP contribution in [0.25, 0.3) is 22.6 Å². The zero-order valence-electron chi connectivity index (χ0n) is 19.3. The van der Waals surface area contributed by atoms with Crippen LogP contribution in [-0.4, -0.2) is 21.1 Å². The topological polar surface area (TPSA) is 87.4 Å². The zero-order valence-corrected chi connectivity index (χ0v) is 20.1. The normalized spacial score (nSPS) is 27.1. The Kier molecular flexibility index (Phi) is 5.13. The van der Waals surface area contributed by atoms with Crippen LogP contribution in [0.4, 0.5) is 5.69 Å². The van der Waals surface area contributed by atoms with Gasteiger partial charge in [0.2, 0.25) is 11.8 Å². The quantitative estimate of drug-likeness (QED) is 0.406. The summed E-state index contributed by atoms with van der Waals surface area (Å²) < 4.78 is 5.83. The number of aryl methyl sites for hydroxylation is 1. The summed E-state index contributed by atoms with van der Waals surface area (Å²) >= 11 is 5.39. The van der Waals surface area contributed by atoms with Crippen molar-refractivity contribution in [3.63, 3.8) is 0 Å². The monoisotopic (exact) mass is 475 g/mol. The van der Waals surface area contributed by atoms with Crippen molar-refractivity contribution in [2.45, 2.75) is 51.9 Å². The first-order chi connectivity index (χ1) is 16.3. The first kappa shape index (κ1) is 21.6. The van der Waals surface area contributed by atoms with Crippen LogP contribution in [0.1, 0.15) is 50.5 Å². The van der Waals surface area contributed by atoms with Crippen LogP contribution in [0.15, 0.2) is 40.8 Å². The number of nitrogens with one attached hydrogen (secondary N) is 2. The number of aromatic hydroxyl groups is 1. The number of carbonyl (C=O) groups is 1. The molecule has 6 nitrogen and oxygen atoms in total. The highest BCUT2D eigenvalue weighted by Crippen LogP contribution is 2.61. The highest BCUT2D eigenvalue weighted by atomic mass is 32.1. The molecule has 4 fully saturated rings. The molecule has 34 heavy (non-hydrogen) atoms. The van der Waals surface area contributed by atoms with E-state index in [9.17, 15) is 9.90 Å². The van der Waals surface area contributed by atoms with E-state index in [0.29, 0.717) is 29.1 Å². The van der Waals surface area contributed by atoms with Gasteiger partial charge in [0.05, 0.1) is 5.56 Å². The van der Waals surface area contributed by atoms with Crippen molar-refractivity contribution in [2.24, 2.45) is 23.2 Å². The zero-order chi connectivity index (χ0) is 23.4. The lowest BCUT2D eigenvalue weighted by Crippen LogP contribution is -2.48. The Morgan fingerprint density at radius 2 is 1.82 bits per heavy atom. The number of nitrogens with zero attached hydrogens (tertiary/aromatic N) is 1. The Hall–Kier alpha value is -2.93. The standard InChI is InChI=1S/C27H29N3O3S/c1-15-2-5-21-23(6-15)33-25(29-21)20-4-3-19(10-22(20)31)28-26(34)30-24(32)14-27-11-16-7-17(12-27)9-18(8-16)13-27/h2-6,10,16-18,31H,7-9,11-14H2,1H3,(H2,28,30,32,34). The molecule has 4 bridgehead atoms. The van der Waals surface area contributed by atoms with Crippen molar-refractivity contribution in [3.05, 3.63) is 42.0 Å². The van der Waals surface area contributed by atoms with Crippen LogP contribution in [-0.2, 0) is 4.79 Å². The molecule has 7 rings (SSSR count). The van der Waals surface area contributed by atoms with Crippen LogP contribution in [0.2, 0.25) is 0 Å². The van der Waals surface area contributed by atoms with Gasteiger partial charge in [-0.1, -0.05) is 6.07 Å². The van der Waals surface area contributed by atoms with E-state index in [2.05, 4.69) is 15.6 Å². The summed E-state index contributed by atoms with van der Waals surface area (Å²) in [7, 11) is 0. The SMILES string of the molecule is Cc1ccc2nc(-c3ccc(NC(=S)NC(=O)CC45CC6CC(CC(C6)C4)C5)cc3O)oc2c1. The molecular formula is C27H29N3O3S. The van der Waals surface area contributed by atoms with E-state index < -0.39 is 0 Å². The maximum atomic E-state index is 12.8. The van der Waals surface area contributed by atoms with E-state index in [1.54, 1.807) is 18.2 Å². The molecule has 176 valence electrons. The van der Waals surface area contributed by atoms with Gasteiger partial charge in [-0.3, -0.25) is 4.79 Å². The van der Waals surface area contributed by atoms with E-state index in [-0.39, 0.29) is 22.2 Å². The third-order valence-electron chi connectivity index (χ3n) is 7.98. The average molecular weight is 476 g/mol. The molecule has 0 saturated heterocycles. The second kappa shape index (κ2) is 8.08. The lowest BCUT2D eigenvalue weighted by molar-refractivity contribution is -0.127. The molecule has 4 aliphatic rings. The second-order valence-corrected chi connectivity index (χ2v) is 11.2. The van der Waals surface area contributed by atoms with E-state index in [1.807, 2.05) is 25.1 Å². The van der Waals surface area contributed by atoms with Crippen molar-refractivity contribution in [1.29, 1.82) is 0 Å². The van der Waals surface area contributed by atoms with Gasteiger partial charge in [-0.25, -0.2) is 4.98 Å². The minimum atomic E-state index is -0.0120. The Labute approximate surface area is 204 Å². The van der Waals surface area contributed by atoms with Crippen LogP contribution >= 0.6 is 12.2 Å². The fraction of sp³-hybridized carbons (Fsp3) is 0.444. The predicted molar refractivity (Wildman–Crippen MR) is 135 cm³/mol. The molecule has 0 unspecified atom stereocenters. The summed E-state index contributed by atoms with van der Waals surface area (Å²) in [4.78, 5) is 17.3. The third kappa shape index (κ3) is 4.06. The number of anilines is 1. The molecule has 0 radical (unpaired) electrons. The Morgan fingerprint density at radius 3 is 2.50 bits per heavy atom. The number of phenols is 1. The first-order valence-corrected chi connectivity index (χ1v) is 12.6. The molecule has 1 heterocycles. The summed E-state index contributed by atoms with van der Waals surface area (Å²) in [6.07, 6.45) is 8.22. The molecule has 0 aliphatic heterocycles. The average Bonchev–Trinajstić information content (AvgIpc) is 3.14. The number of aromatic nitrogens is 1. The number of oxazole rings is 1. The molecule has 0 spiro atoms. The summed E-state index contributed by atoms with van der Waals surface area (Å²) in [5.74, 6) is 2.82. The van der Waals surface area contributed by atoms with Crippen molar-refractivity contribution in [3.8, 4) is 17.2 Å². The largest absolute Gasteiger partial charge is 0.507 e. The Balaban J connectivity index is 1.10.